The number of hydrogen-bond acceptors (Lipinski definition) is 4. The van der Waals surface area contributed by atoms with Gasteiger partial charge in [0.25, 0.3) is 0 Å². The Hall–Kier alpha value is -2.41. The van der Waals surface area contributed by atoms with Gasteiger partial charge in [-0.05, 0) is 37.3 Å². The largest absolute Gasteiger partial charge is 0.477 e. The van der Waals surface area contributed by atoms with Gasteiger partial charge in [-0.2, -0.15) is 0 Å². The van der Waals surface area contributed by atoms with E-state index in [0.29, 0.717) is 29.9 Å². The summed E-state index contributed by atoms with van der Waals surface area (Å²) in [5.41, 5.74) is 6.92. The molecule has 0 unspecified atom stereocenters. The Morgan fingerprint density at radius 1 is 1.35 bits per heavy atom. The molecular formula is C19H22FN3O3. The molecule has 3 N–H and O–H groups in total. The highest BCUT2D eigenvalue weighted by molar-refractivity contribution is 5.95. The molecule has 6 nitrogen and oxygen atoms in total. The van der Waals surface area contributed by atoms with E-state index >= 15 is 0 Å². The number of fused-ring (bicyclic) bond motifs is 1. The third kappa shape index (κ3) is 2.49. The summed E-state index contributed by atoms with van der Waals surface area (Å²) in [7, 11) is 0. The van der Waals surface area contributed by atoms with Crippen molar-refractivity contribution in [2.24, 2.45) is 11.7 Å². The van der Waals surface area contributed by atoms with Gasteiger partial charge in [0.05, 0.1) is 11.2 Å². The molecular weight excluding hydrogens is 337 g/mol. The van der Waals surface area contributed by atoms with Gasteiger partial charge in [0.15, 0.2) is 0 Å². The number of carboxylic acid groups (broad SMARTS) is 1. The minimum absolute atomic E-state index is 0.0236. The maximum absolute atomic E-state index is 15.0. The number of benzene rings is 1. The van der Waals surface area contributed by atoms with E-state index in [-0.39, 0.29) is 29.0 Å². The van der Waals surface area contributed by atoms with E-state index in [1.807, 2.05) is 16.4 Å². The molecule has 1 aromatic heterocycles. The third-order valence-electron chi connectivity index (χ3n) is 5.64. The van der Waals surface area contributed by atoms with Crippen molar-refractivity contribution in [3.63, 3.8) is 0 Å². The molecule has 7 heteroatoms. The van der Waals surface area contributed by atoms with Crippen molar-refractivity contribution in [1.29, 1.82) is 0 Å². The number of rotatable bonds is 3. The Morgan fingerprint density at radius 3 is 2.58 bits per heavy atom. The molecule has 1 aliphatic heterocycles. The number of pyridine rings is 1. The maximum atomic E-state index is 15.0. The first kappa shape index (κ1) is 17.0. The Balaban J connectivity index is 2.00. The van der Waals surface area contributed by atoms with Crippen molar-refractivity contribution in [1.82, 2.24) is 4.57 Å². The number of nitrogens with two attached hydrogens (primary N) is 1. The number of halogens is 1. The first-order valence-electron chi connectivity index (χ1n) is 8.91. The smallest absolute Gasteiger partial charge is 0.341 e. The van der Waals surface area contributed by atoms with Crippen LogP contribution in [0.25, 0.3) is 10.9 Å². The summed E-state index contributed by atoms with van der Waals surface area (Å²) < 4.78 is 16.8. The lowest BCUT2D eigenvalue weighted by atomic mass is 10.0. The molecule has 1 aromatic carbocycles. The van der Waals surface area contributed by atoms with Crippen LogP contribution >= 0.6 is 0 Å². The van der Waals surface area contributed by atoms with Crippen LogP contribution in [0.15, 0.2) is 17.1 Å². The van der Waals surface area contributed by atoms with Gasteiger partial charge in [0, 0.05) is 36.8 Å². The fraction of sp³-hybridized carbons (Fsp3) is 0.474. The van der Waals surface area contributed by atoms with Crippen LogP contribution in [-0.2, 0) is 0 Å². The number of hydrogen-bond donors (Lipinski definition) is 2. The quantitative estimate of drug-likeness (QED) is 0.878. The Bertz CT molecular complexity index is 970. The van der Waals surface area contributed by atoms with E-state index in [1.165, 1.54) is 12.3 Å². The van der Waals surface area contributed by atoms with Gasteiger partial charge < -0.3 is 20.3 Å². The summed E-state index contributed by atoms with van der Waals surface area (Å²) in [6, 6.07) is 1.33. The summed E-state index contributed by atoms with van der Waals surface area (Å²) in [6.45, 7) is 5.06. The molecule has 2 fully saturated rings. The van der Waals surface area contributed by atoms with Crippen LogP contribution in [0.2, 0.25) is 0 Å². The van der Waals surface area contributed by atoms with E-state index in [0.717, 1.165) is 12.8 Å². The highest BCUT2D eigenvalue weighted by Gasteiger charge is 2.32. The number of aromatic nitrogens is 1. The Kier molecular flexibility index (Phi) is 3.80. The molecule has 2 heterocycles. The van der Waals surface area contributed by atoms with Crippen molar-refractivity contribution in [3.05, 3.63) is 39.4 Å². The van der Waals surface area contributed by atoms with Crippen LogP contribution in [0.3, 0.4) is 0 Å². The van der Waals surface area contributed by atoms with Crippen molar-refractivity contribution < 1.29 is 14.3 Å². The predicted octanol–water partition coefficient (Wildman–Crippen LogP) is 2.27. The molecule has 0 bridgehead atoms. The number of aromatic carboxylic acids is 1. The lowest BCUT2D eigenvalue weighted by molar-refractivity contribution is 0.0695. The second-order valence-electron chi connectivity index (χ2n) is 7.59. The summed E-state index contributed by atoms with van der Waals surface area (Å²) >= 11 is 0. The second-order valence-corrected chi connectivity index (χ2v) is 7.59. The maximum Gasteiger partial charge on any atom is 0.341 e. The van der Waals surface area contributed by atoms with Crippen LogP contribution in [0.4, 0.5) is 10.1 Å². The van der Waals surface area contributed by atoms with Crippen LogP contribution in [0.1, 0.15) is 41.7 Å². The van der Waals surface area contributed by atoms with Gasteiger partial charge in [-0.15, -0.1) is 0 Å². The van der Waals surface area contributed by atoms with Gasteiger partial charge in [0.2, 0.25) is 5.43 Å². The Labute approximate surface area is 150 Å². The Morgan fingerprint density at radius 2 is 2.04 bits per heavy atom. The van der Waals surface area contributed by atoms with Crippen molar-refractivity contribution in [2.45, 2.75) is 38.8 Å². The molecule has 2 aliphatic rings. The highest BCUT2D eigenvalue weighted by Crippen LogP contribution is 2.40. The predicted molar refractivity (Wildman–Crippen MR) is 97.5 cm³/mol. The number of nitrogens with zero attached hydrogens (tertiary/aromatic N) is 2. The number of carboxylic acids is 1. The van der Waals surface area contributed by atoms with E-state index in [9.17, 15) is 19.1 Å². The van der Waals surface area contributed by atoms with E-state index in [2.05, 4.69) is 0 Å². The van der Waals surface area contributed by atoms with E-state index in [1.54, 1.807) is 6.92 Å². The molecule has 0 spiro atoms. The van der Waals surface area contributed by atoms with E-state index < -0.39 is 17.2 Å². The van der Waals surface area contributed by atoms with Gasteiger partial charge >= 0.3 is 5.97 Å². The first-order chi connectivity index (χ1) is 12.3. The summed E-state index contributed by atoms with van der Waals surface area (Å²) in [5, 5.41) is 9.48. The molecule has 2 atom stereocenters. The van der Waals surface area contributed by atoms with Crippen LogP contribution in [-0.4, -0.2) is 34.8 Å². The van der Waals surface area contributed by atoms with Crippen LogP contribution in [0, 0.1) is 18.7 Å². The lowest BCUT2D eigenvalue weighted by Crippen LogP contribution is -2.29. The van der Waals surface area contributed by atoms with E-state index in [4.69, 9.17) is 5.73 Å². The lowest BCUT2D eigenvalue weighted by Gasteiger charge is -2.24. The zero-order valence-electron chi connectivity index (χ0n) is 14.8. The SMILES string of the molecule is Cc1c(N2C[C@@H](C)[C@@H](N)C2)c(F)cc2c(=O)c(C(=O)O)cn(C3CC3)c12. The molecule has 0 amide bonds. The minimum atomic E-state index is -1.28. The average Bonchev–Trinajstić information content (AvgIpc) is 3.35. The molecule has 26 heavy (non-hydrogen) atoms. The normalized spacial score (nSPS) is 23.0. The fourth-order valence-corrected chi connectivity index (χ4v) is 4.03. The minimum Gasteiger partial charge on any atom is -0.477 e. The number of aryl methyl sites for hydroxylation is 1. The zero-order valence-corrected chi connectivity index (χ0v) is 14.8. The van der Waals surface area contributed by atoms with Crippen LogP contribution in [0.5, 0.6) is 0 Å². The molecule has 1 saturated heterocycles. The van der Waals surface area contributed by atoms with Crippen molar-refractivity contribution in [3.8, 4) is 0 Å². The summed E-state index contributed by atoms with van der Waals surface area (Å²) in [6.07, 6.45) is 3.27. The zero-order chi connectivity index (χ0) is 18.7. The standard InChI is InChI=1S/C19H22FN3O3/c1-9-6-22(8-15(9)21)17-10(2)16-12(5-14(17)20)18(24)13(19(25)26)7-23(16)11-3-4-11/h5,7,9,11,15H,3-4,6,8,21H2,1-2H3,(H,25,26)/t9-,15+/m1/s1. The van der Waals surface area contributed by atoms with Gasteiger partial charge in [-0.3, -0.25) is 4.79 Å². The third-order valence-corrected chi connectivity index (χ3v) is 5.64. The molecule has 138 valence electrons. The summed E-state index contributed by atoms with van der Waals surface area (Å²) in [4.78, 5) is 26.0. The van der Waals surface area contributed by atoms with Gasteiger partial charge in [-0.25, -0.2) is 9.18 Å². The highest BCUT2D eigenvalue weighted by atomic mass is 19.1. The molecule has 0 radical (unpaired) electrons. The molecule has 1 aliphatic carbocycles. The molecule has 4 rings (SSSR count). The van der Waals surface area contributed by atoms with Crippen molar-refractivity contribution in [2.75, 3.05) is 18.0 Å². The first-order valence-corrected chi connectivity index (χ1v) is 8.91. The van der Waals surface area contributed by atoms with Crippen LogP contribution < -0.4 is 16.1 Å². The van der Waals surface area contributed by atoms with Gasteiger partial charge in [0.1, 0.15) is 11.4 Å². The number of anilines is 1. The van der Waals surface area contributed by atoms with Crippen molar-refractivity contribution >= 4 is 22.6 Å². The monoisotopic (exact) mass is 359 g/mol. The molecule has 1 saturated carbocycles. The molecule has 2 aromatic rings. The summed E-state index contributed by atoms with van der Waals surface area (Å²) in [5.74, 6) is -1.53. The van der Waals surface area contributed by atoms with Gasteiger partial charge in [-0.1, -0.05) is 6.92 Å². The topological polar surface area (TPSA) is 88.6 Å². The second kappa shape index (κ2) is 5.81. The number of carbonyl (C=O) groups is 1. The average molecular weight is 359 g/mol. The fourth-order valence-electron chi connectivity index (χ4n) is 4.03.